The van der Waals surface area contributed by atoms with Gasteiger partial charge in [-0.15, -0.1) is 0 Å². The second-order valence-electron chi connectivity index (χ2n) is 8.95. The van der Waals surface area contributed by atoms with Crippen LogP contribution in [0.3, 0.4) is 0 Å². The molecule has 0 radical (unpaired) electrons. The van der Waals surface area contributed by atoms with Crippen LogP contribution in [-0.2, 0) is 0 Å². The van der Waals surface area contributed by atoms with Gasteiger partial charge in [0.25, 0.3) is 0 Å². The summed E-state index contributed by atoms with van der Waals surface area (Å²) in [6.07, 6.45) is 11.4. The van der Waals surface area contributed by atoms with E-state index in [2.05, 4.69) is 104 Å². The van der Waals surface area contributed by atoms with Crippen molar-refractivity contribution in [3.05, 3.63) is 134 Å². The number of imidazole rings is 1. The second-order valence-corrected chi connectivity index (χ2v) is 8.95. The Labute approximate surface area is 218 Å². The summed E-state index contributed by atoms with van der Waals surface area (Å²) in [5.41, 5.74) is 7.44. The lowest BCUT2D eigenvalue weighted by Crippen LogP contribution is -2.00. The van der Waals surface area contributed by atoms with Crippen LogP contribution in [0.2, 0.25) is 0 Å². The maximum Gasteiger partial charge on any atom is 0.145 e. The smallest absolute Gasteiger partial charge is 0.145 e. The lowest BCUT2D eigenvalue weighted by atomic mass is 9.89. The van der Waals surface area contributed by atoms with Crippen LogP contribution in [-0.4, -0.2) is 9.55 Å². The van der Waals surface area contributed by atoms with E-state index in [1.807, 2.05) is 31.2 Å². The SMILES string of the molecule is C=C/C=C(\C=C)n1c(-c2ccc(-c3c4ccccc4c(C)c4ccccc34)cc2)nc(C=C)c1/C=C\C. The van der Waals surface area contributed by atoms with Crippen LogP contribution in [0.15, 0.2) is 117 Å². The van der Waals surface area contributed by atoms with Gasteiger partial charge in [-0.25, -0.2) is 4.98 Å². The largest absolute Gasteiger partial charge is 0.292 e. The number of hydrogen-bond acceptors (Lipinski definition) is 1. The van der Waals surface area contributed by atoms with E-state index in [-0.39, 0.29) is 0 Å². The van der Waals surface area contributed by atoms with Crippen molar-refractivity contribution in [3.8, 4) is 22.5 Å². The molecule has 0 aliphatic rings. The molecule has 2 heteroatoms. The first-order valence-corrected chi connectivity index (χ1v) is 12.5. The molecule has 1 aromatic heterocycles. The number of allylic oxidation sites excluding steroid dienone is 5. The number of aromatic nitrogens is 2. The average Bonchev–Trinajstić information content (AvgIpc) is 3.30. The zero-order valence-corrected chi connectivity index (χ0v) is 21.4. The minimum atomic E-state index is 0.824. The molecule has 0 saturated carbocycles. The Morgan fingerprint density at radius 3 is 1.86 bits per heavy atom. The van der Waals surface area contributed by atoms with Crippen LogP contribution in [0.1, 0.15) is 23.9 Å². The van der Waals surface area contributed by atoms with Crippen LogP contribution in [0.5, 0.6) is 0 Å². The van der Waals surface area contributed by atoms with Gasteiger partial charge in [-0.2, -0.15) is 0 Å². The minimum Gasteiger partial charge on any atom is -0.292 e. The average molecular weight is 479 g/mol. The first-order chi connectivity index (χ1) is 18.1. The lowest BCUT2D eigenvalue weighted by Gasteiger charge is -2.16. The highest BCUT2D eigenvalue weighted by atomic mass is 15.1. The Hall–Kier alpha value is -4.69. The van der Waals surface area contributed by atoms with Crippen LogP contribution in [0.4, 0.5) is 0 Å². The molecule has 0 saturated heterocycles. The third-order valence-electron chi connectivity index (χ3n) is 6.85. The van der Waals surface area contributed by atoms with E-state index in [1.165, 1.54) is 38.2 Å². The number of rotatable bonds is 7. The number of aryl methyl sites for hydroxylation is 1. The predicted octanol–water partition coefficient (Wildman–Crippen LogP) is 9.72. The van der Waals surface area contributed by atoms with E-state index in [4.69, 9.17) is 4.98 Å². The molecule has 0 unspecified atom stereocenters. The summed E-state index contributed by atoms with van der Waals surface area (Å²) in [5.74, 6) is 0.834. The van der Waals surface area contributed by atoms with Gasteiger partial charge in [0.05, 0.1) is 11.4 Å². The Morgan fingerprint density at radius 2 is 1.35 bits per heavy atom. The third kappa shape index (κ3) is 4.07. The standard InChI is InChI=1S/C35H30N2/c1-6-14-27(8-3)37-33(15-7-2)32(9-4)36-35(37)26-22-20-25(21-23-26)34-30-18-12-10-16-28(30)24(5)29-17-11-13-19-31(29)34/h6-23H,1,3-4H2,2,5H3/b15-7-,27-14+. The highest BCUT2D eigenvalue weighted by Gasteiger charge is 2.18. The molecule has 0 atom stereocenters. The van der Waals surface area contributed by atoms with Crippen LogP contribution in [0, 0.1) is 6.92 Å². The number of benzene rings is 4. The summed E-state index contributed by atoms with van der Waals surface area (Å²) in [6, 6.07) is 26.0. The minimum absolute atomic E-state index is 0.824. The van der Waals surface area contributed by atoms with Crippen molar-refractivity contribution in [2.75, 3.05) is 0 Å². The molecule has 5 rings (SSSR count). The summed E-state index contributed by atoms with van der Waals surface area (Å²) in [4.78, 5) is 4.95. The van der Waals surface area contributed by atoms with Gasteiger partial charge in [0, 0.05) is 11.3 Å². The topological polar surface area (TPSA) is 17.8 Å². The number of hydrogen-bond donors (Lipinski definition) is 0. The molecule has 4 aromatic carbocycles. The van der Waals surface area contributed by atoms with E-state index >= 15 is 0 Å². The fourth-order valence-corrected chi connectivity index (χ4v) is 5.17. The highest BCUT2D eigenvalue weighted by molar-refractivity contribution is 6.14. The van der Waals surface area contributed by atoms with Crippen molar-refractivity contribution in [2.45, 2.75) is 13.8 Å². The number of nitrogens with zero attached hydrogens (tertiary/aromatic N) is 2. The van der Waals surface area contributed by atoms with Crippen molar-refractivity contribution in [3.63, 3.8) is 0 Å². The van der Waals surface area contributed by atoms with Crippen molar-refractivity contribution in [2.24, 2.45) is 0 Å². The monoisotopic (exact) mass is 478 g/mol. The summed E-state index contributed by atoms with van der Waals surface area (Å²) < 4.78 is 2.11. The highest BCUT2D eigenvalue weighted by Crippen LogP contribution is 2.39. The van der Waals surface area contributed by atoms with Crippen molar-refractivity contribution in [1.82, 2.24) is 9.55 Å². The van der Waals surface area contributed by atoms with E-state index in [1.54, 1.807) is 12.2 Å². The first kappa shape index (κ1) is 24.0. The maximum absolute atomic E-state index is 4.95. The normalized spacial score (nSPS) is 11.9. The zero-order valence-electron chi connectivity index (χ0n) is 21.4. The molecule has 2 nitrogen and oxygen atoms in total. The molecule has 37 heavy (non-hydrogen) atoms. The van der Waals surface area contributed by atoms with Gasteiger partial charge in [0.15, 0.2) is 0 Å². The maximum atomic E-state index is 4.95. The molecular weight excluding hydrogens is 448 g/mol. The lowest BCUT2D eigenvalue weighted by molar-refractivity contribution is 1.10. The summed E-state index contributed by atoms with van der Waals surface area (Å²) in [6.45, 7) is 16.1. The van der Waals surface area contributed by atoms with Gasteiger partial charge in [0.1, 0.15) is 5.82 Å². The Balaban J connectivity index is 1.74. The van der Waals surface area contributed by atoms with Gasteiger partial charge in [-0.3, -0.25) is 4.57 Å². The fraction of sp³-hybridized carbons (Fsp3) is 0.0571. The molecular formula is C35H30N2. The summed E-state index contributed by atoms with van der Waals surface area (Å²) >= 11 is 0. The van der Waals surface area contributed by atoms with Gasteiger partial charge in [-0.05, 0) is 76.4 Å². The van der Waals surface area contributed by atoms with Crippen LogP contribution >= 0.6 is 0 Å². The van der Waals surface area contributed by atoms with E-state index in [9.17, 15) is 0 Å². The van der Waals surface area contributed by atoms with Crippen molar-refractivity contribution < 1.29 is 0 Å². The Morgan fingerprint density at radius 1 is 0.784 bits per heavy atom. The molecule has 0 amide bonds. The second kappa shape index (κ2) is 10.1. The summed E-state index contributed by atoms with van der Waals surface area (Å²) in [5, 5.41) is 5.10. The van der Waals surface area contributed by atoms with Gasteiger partial charge in [0.2, 0.25) is 0 Å². The van der Waals surface area contributed by atoms with E-state index in [0.29, 0.717) is 0 Å². The Kier molecular flexibility index (Phi) is 6.57. The van der Waals surface area contributed by atoms with Gasteiger partial charge < -0.3 is 0 Å². The molecule has 0 aliphatic carbocycles. The fourth-order valence-electron chi connectivity index (χ4n) is 5.17. The quantitative estimate of drug-likeness (QED) is 0.168. The zero-order chi connectivity index (χ0) is 25.9. The molecule has 0 aliphatic heterocycles. The Bertz CT molecular complexity index is 1670. The van der Waals surface area contributed by atoms with Crippen molar-refractivity contribution in [1.29, 1.82) is 0 Å². The first-order valence-electron chi connectivity index (χ1n) is 12.5. The third-order valence-corrected chi connectivity index (χ3v) is 6.85. The van der Waals surface area contributed by atoms with Crippen LogP contribution in [0.25, 0.3) is 61.9 Å². The molecule has 0 spiro atoms. The molecule has 0 N–H and O–H groups in total. The molecule has 5 aromatic rings. The van der Waals surface area contributed by atoms with E-state index < -0.39 is 0 Å². The molecule has 0 bridgehead atoms. The van der Waals surface area contributed by atoms with Crippen LogP contribution < -0.4 is 0 Å². The summed E-state index contributed by atoms with van der Waals surface area (Å²) in [7, 11) is 0. The molecule has 1 heterocycles. The van der Waals surface area contributed by atoms with Gasteiger partial charge in [-0.1, -0.05) is 105 Å². The predicted molar refractivity (Wildman–Crippen MR) is 162 cm³/mol. The van der Waals surface area contributed by atoms with Gasteiger partial charge >= 0.3 is 0 Å². The van der Waals surface area contributed by atoms with Crippen molar-refractivity contribution >= 4 is 39.4 Å². The molecule has 0 fully saturated rings. The molecule has 180 valence electrons. The van der Waals surface area contributed by atoms with E-state index in [0.717, 1.165) is 28.5 Å². The number of fused-ring (bicyclic) bond motifs is 2.